The van der Waals surface area contributed by atoms with Crippen molar-refractivity contribution >= 4 is 17.2 Å². The first kappa shape index (κ1) is 14.0. The number of ether oxygens (including phenoxy) is 1. The number of carbonyl (C=O) groups excluding carboxylic acids is 1. The quantitative estimate of drug-likeness (QED) is 0.855. The Morgan fingerprint density at radius 2 is 2.41 bits per heavy atom. The fourth-order valence-corrected chi connectivity index (χ4v) is 4.38. The standard InChI is InChI=1S/C16H19N3O2S/c20-16(15-9-12-11-21-8-4-14(12)22-15)18-6-1-3-13(10-18)19-7-2-5-17-19/h2,5,7,9,13H,1,3-4,6,8,10-11H2. The van der Waals surface area contributed by atoms with E-state index >= 15 is 0 Å². The Balaban J connectivity index is 1.51. The van der Waals surface area contributed by atoms with Crippen molar-refractivity contribution in [2.45, 2.75) is 31.9 Å². The van der Waals surface area contributed by atoms with Crippen molar-refractivity contribution in [3.05, 3.63) is 39.8 Å². The lowest BCUT2D eigenvalue weighted by Gasteiger charge is -2.32. The van der Waals surface area contributed by atoms with Crippen LogP contribution in [0.25, 0.3) is 0 Å². The Labute approximate surface area is 133 Å². The van der Waals surface area contributed by atoms with E-state index in [1.165, 1.54) is 10.4 Å². The second kappa shape index (κ2) is 5.85. The van der Waals surface area contributed by atoms with Crippen molar-refractivity contribution in [2.75, 3.05) is 19.7 Å². The number of fused-ring (bicyclic) bond motifs is 1. The third-order valence-corrected chi connectivity index (χ3v) is 5.65. The average Bonchev–Trinajstić information content (AvgIpc) is 3.23. The van der Waals surface area contributed by atoms with E-state index in [9.17, 15) is 4.79 Å². The number of nitrogens with zero attached hydrogens (tertiary/aromatic N) is 3. The van der Waals surface area contributed by atoms with Crippen LogP contribution < -0.4 is 0 Å². The van der Waals surface area contributed by atoms with Crippen molar-refractivity contribution in [3.8, 4) is 0 Å². The summed E-state index contributed by atoms with van der Waals surface area (Å²) in [4.78, 5) is 17.0. The van der Waals surface area contributed by atoms with Crippen LogP contribution in [0, 0.1) is 0 Å². The molecule has 6 heteroatoms. The summed E-state index contributed by atoms with van der Waals surface area (Å²) in [6.45, 7) is 3.01. The number of amides is 1. The average molecular weight is 317 g/mol. The van der Waals surface area contributed by atoms with Crippen molar-refractivity contribution < 1.29 is 9.53 Å². The van der Waals surface area contributed by atoms with E-state index in [0.717, 1.165) is 43.8 Å². The van der Waals surface area contributed by atoms with Crippen LogP contribution in [0.2, 0.25) is 0 Å². The van der Waals surface area contributed by atoms with Gasteiger partial charge in [0.15, 0.2) is 0 Å². The highest BCUT2D eigenvalue weighted by Gasteiger charge is 2.27. The summed E-state index contributed by atoms with van der Waals surface area (Å²) in [5, 5.41) is 4.32. The zero-order chi connectivity index (χ0) is 14.9. The van der Waals surface area contributed by atoms with Crippen LogP contribution in [-0.2, 0) is 17.8 Å². The minimum Gasteiger partial charge on any atom is -0.376 e. The van der Waals surface area contributed by atoms with Crippen LogP contribution >= 0.6 is 11.3 Å². The maximum Gasteiger partial charge on any atom is 0.264 e. The molecule has 0 spiro atoms. The largest absolute Gasteiger partial charge is 0.376 e. The minimum absolute atomic E-state index is 0.163. The monoisotopic (exact) mass is 317 g/mol. The van der Waals surface area contributed by atoms with Gasteiger partial charge in [0.1, 0.15) is 0 Å². The Morgan fingerprint density at radius 1 is 1.45 bits per heavy atom. The Hall–Kier alpha value is -1.66. The molecule has 4 heterocycles. The Bertz CT molecular complexity index is 641. The van der Waals surface area contributed by atoms with Gasteiger partial charge in [0.2, 0.25) is 0 Å². The molecule has 4 rings (SSSR count). The normalized spacial score (nSPS) is 21.6. The van der Waals surface area contributed by atoms with Gasteiger partial charge in [0.25, 0.3) is 5.91 Å². The first-order valence-corrected chi connectivity index (χ1v) is 8.60. The SMILES string of the molecule is O=C(c1cc2c(s1)CCOC2)N1CCCC(n2cccn2)C1. The van der Waals surface area contributed by atoms with Crippen LogP contribution in [0.15, 0.2) is 24.5 Å². The molecular formula is C16H19N3O2S. The fourth-order valence-electron chi connectivity index (χ4n) is 3.26. The summed E-state index contributed by atoms with van der Waals surface area (Å²) in [7, 11) is 0. The van der Waals surface area contributed by atoms with Gasteiger partial charge in [0.05, 0.1) is 24.1 Å². The van der Waals surface area contributed by atoms with E-state index in [0.29, 0.717) is 12.6 Å². The Morgan fingerprint density at radius 3 is 3.23 bits per heavy atom. The smallest absolute Gasteiger partial charge is 0.264 e. The minimum atomic E-state index is 0.163. The molecule has 0 bridgehead atoms. The van der Waals surface area contributed by atoms with Crippen LogP contribution in [-0.4, -0.2) is 40.3 Å². The summed E-state index contributed by atoms with van der Waals surface area (Å²) in [5.41, 5.74) is 1.19. The van der Waals surface area contributed by atoms with Crippen molar-refractivity contribution in [2.24, 2.45) is 0 Å². The van der Waals surface area contributed by atoms with Crippen LogP contribution in [0.1, 0.15) is 39.0 Å². The molecule has 1 saturated heterocycles. The molecule has 1 amide bonds. The lowest BCUT2D eigenvalue weighted by molar-refractivity contribution is 0.0677. The predicted octanol–water partition coefficient (Wildman–Crippen LogP) is 2.49. The molecule has 0 N–H and O–H groups in total. The van der Waals surface area contributed by atoms with E-state index in [1.807, 2.05) is 27.9 Å². The van der Waals surface area contributed by atoms with Crippen LogP contribution in [0.4, 0.5) is 0 Å². The van der Waals surface area contributed by atoms with Gasteiger partial charge >= 0.3 is 0 Å². The molecule has 0 aliphatic carbocycles. The van der Waals surface area contributed by atoms with E-state index in [1.54, 1.807) is 17.5 Å². The summed E-state index contributed by atoms with van der Waals surface area (Å²) in [6, 6.07) is 4.26. The van der Waals surface area contributed by atoms with Gasteiger partial charge < -0.3 is 9.64 Å². The number of likely N-dealkylation sites (tertiary alicyclic amines) is 1. The van der Waals surface area contributed by atoms with Gasteiger partial charge in [-0.15, -0.1) is 11.3 Å². The molecule has 2 aliphatic rings. The van der Waals surface area contributed by atoms with Crippen molar-refractivity contribution in [1.29, 1.82) is 0 Å². The van der Waals surface area contributed by atoms with Crippen molar-refractivity contribution in [3.63, 3.8) is 0 Å². The lowest BCUT2D eigenvalue weighted by Crippen LogP contribution is -2.40. The lowest BCUT2D eigenvalue weighted by atomic mass is 10.1. The maximum atomic E-state index is 12.8. The summed E-state index contributed by atoms with van der Waals surface area (Å²) < 4.78 is 7.45. The highest BCUT2D eigenvalue weighted by molar-refractivity contribution is 7.14. The predicted molar refractivity (Wildman–Crippen MR) is 84.1 cm³/mol. The number of hydrogen-bond donors (Lipinski definition) is 0. The fraction of sp³-hybridized carbons (Fsp3) is 0.500. The highest BCUT2D eigenvalue weighted by Crippen LogP contribution is 2.29. The van der Waals surface area contributed by atoms with E-state index < -0.39 is 0 Å². The molecule has 2 aromatic rings. The maximum absolute atomic E-state index is 12.8. The topological polar surface area (TPSA) is 47.4 Å². The molecular weight excluding hydrogens is 298 g/mol. The molecule has 1 unspecified atom stereocenters. The summed E-state index contributed by atoms with van der Waals surface area (Å²) in [5.74, 6) is 0.163. The van der Waals surface area contributed by atoms with E-state index in [2.05, 4.69) is 5.10 Å². The third-order valence-electron chi connectivity index (χ3n) is 4.42. The number of thiophene rings is 1. The third kappa shape index (κ3) is 2.57. The van der Waals surface area contributed by atoms with E-state index in [4.69, 9.17) is 4.74 Å². The number of carbonyl (C=O) groups is 1. The van der Waals surface area contributed by atoms with Crippen molar-refractivity contribution in [1.82, 2.24) is 14.7 Å². The van der Waals surface area contributed by atoms with E-state index in [-0.39, 0.29) is 5.91 Å². The van der Waals surface area contributed by atoms with Gasteiger partial charge in [0, 0.05) is 36.8 Å². The van der Waals surface area contributed by atoms with Crippen LogP contribution in [0.5, 0.6) is 0 Å². The van der Waals surface area contributed by atoms with Gasteiger partial charge in [-0.3, -0.25) is 9.48 Å². The number of rotatable bonds is 2. The van der Waals surface area contributed by atoms with Crippen LogP contribution in [0.3, 0.4) is 0 Å². The second-order valence-corrected chi connectivity index (χ2v) is 7.03. The number of hydrogen-bond acceptors (Lipinski definition) is 4. The van der Waals surface area contributed by atoms with Gasteiger partial charge in [-0.05, 0) is 30.5 Å². The molecule has 0 saturated carbocycles. The molecule has 0 aromatic carbocycles. The molecule has 2 aromatic heterocycles. The molecule has 2 aliphatic heterocycles. The van der Waals surface area contributed by atoms with Gasteiger partial charge in [-0.2, -0.15) is 5.10 Å². The molecule has 1 fully saturated rings. The molecule has 5 nitrogen and oxygen atoms in total. The van der Waals surface area contributed by atoms with Gasteiger partial charge in [-0.25, -0.2) is 0 Å². The number of piperidine rings is 1. The number of aromatic nitrogens is 2. The first-order chi connectivity index (χ1) is 10.8. The molecule has 0 radical (unpaired) electrons. The summed E-state index contributed by atoms with van der Waals surface area (Å²) >= 11 is 1.64. The Kier molecular flexibility index (Phi) is 3.72. The van der Waals surface area contributed by atoms with Gasteiger partial charge in [-0.1, -0.05) is 0 Å². The first-order valence-electron chi connectivity index (χ1n) is 7.79. The molecule has 22 heavy (non-hydrogen) atoms. The summed E-state index contributed by atoms with van der Waals surface area (Å²) in [6.07, 6.45) is 6.84. The zero-order valence-corrected chi connectivity index (χ0v) is 13.2. The molecule has 1 atom stereocenters. The highest BCUT2D eigenvalue weighted by atomic mass is 32.1. The molecule has 116 valence electrons. The zero-order valence-electron chi connectivity index (χ0n) is 12.4. The second-order valence-electron chi connectivity index (χ2n) is 5.89.